The number of pyridine rings is 1. The Morgan fingerprint density at radius 2 is 1.94 bits per heavy atom. The molecule has 4 nitrogen and oxygen atoms in total. The normalized spacial score (nSPS) is 12.8. The predicted molar refractivity (Wildman–Crippen MR) is 66.8 cm³/mol. The molecule has 0 aliphatic rings. The molecule has 0 bridgehead atoms. The first-order valence-corrected chi connectivity index (χ1v) is 5.66. The Labute approximate surface area is 102 Å². The second-order valence-corrected chi connectivity index (χ2v) is 5.31. The summed E-state index contributed by atoms with van der Waals surface area (Å²) in [5, 5.41) is 9.94. The zero-order valence-corrected chi connectivity index (χ0v) is 11.2. The molecular weight excluding hydrogens is 218 g/mol. The Bertz CT molecular complexity index is 441. The van der Waals surface area contributed by atoms with Crippen LogP contribution in [-0.2, 0) is 18.4 Å². The van der Waals surface area contributed by atoms with Crippen LogP contribution in [0.2, 0.25) is 0 Å². The molecule has 17 heavy (non-hydrogen) atoms. The average molecular weight is 239 g/mol. The smallest absolute Gasteiger partial charge is 0.255 e. The van der Waals surface area contributed by atoms with Gasteiger partial charge in [0, 0.05) is 18.8 Å². The molecule has 1 rings (SSSR count). The highest BCUT2D eigenvalue weighted by Gasteiger charge is 2.36. The maximum Gasteiger partial charge on any atom is 0.255 e. The van der Waals surface area contributed by atoms with E-state index in [1.54, 1.807) is 53.1 Å². The van der Waals surface area contributed by atoms with Gasteiger partial charge in [-0.1, -0.05) is 0 Å². The maximum atomic E-state index is 11.8. The van der Waals surface area contributed by atoms with Crippen molar-refractivity contribution < 1.29 is 9.84 Å². The molecule has 0 spiro atoms. The van der Waals surface area contributed by atoms with Crippen LogP contribution in [0.1, 0.15) is 33.3 Å². The van der Waals surface area contributed by atoms with Crippen LogP contribution >= 0.6 is 0 Å². The van der Waals surface area contributed by atoms with Crippen molar-refractivity contribution in [2.45, 2.75) is 45.5 Å². The second kappa shape index (κ2) is 4.63. The van der Waals surface area contributed by atoms with Crippen LogP contribution in [0.15, 0.2) is 23.1 Å². The van der Waals surface area contributed by atoms with Gasteiger partial charge < -0.3 is 14.4 Å². The number of aliphatic hydroxyl groups is 1. The summed E-state index contributed by atoms with van der Waals surface area (Å²) in [5.74, 6) is 0. The van der Waals surface area contributed by atoms with Crippen molar-refractivity contribution in [3.05, 3.63) is 34.2 Å². The molecule has 4 heteroatoms. The molecular formula is C13H21NO3. The number of aryl methyl sites for hydroxylation is 1. The van der Waals surface area contributed by atoms with E-state index >= 15 is 0 Å². The van der Waals surface area contributed by atoms with Crippen molar-refractivity contribution in [1.82, 2.24) is 4.57 Å². The number of ether oxygens (including phenoxy) is 1. The molecule has 0 unspecified atom stereocenters. The molecule has 1 N–H and O–H groups in total. The number of hydrogen-bond donors (Lipinski definition) is 1. The minimum atomic E-state index is -0.965. The van der Waals surface area contributed by atoms with Crippen molar-refractivity contribution in [2.24, 2.45) is 7.05 Å². The van der Waals surface area contributed by atoms with Crippen molar-refractivity contribution in [1.29, 1.82) is 0 Å². The second-order valence-electron chi connectivity index (χ2n) is 5.31. The van der Waals surface area contributed by atoms with Crippen LogP contribution in [-0.4, -0.2) is 20.9 Å². The molecule has 1 aromatic heterocycles. The van der Waals surface area contributed by atoms with Gasteiger partial charge in [0.25, 0.3) is 5.56 Å². The monoisotopic (exact) mass is 239 g/mol. The Kier molecular flexibility index (Phi) is 3.79. The Morgan fingerprint density at radius 3 is 2.47 bits per heavy atom. The molecule has 0 atom stereocenters. The van der Waals surface area contributed by atoms with Crippen molar-refractivity contribution in [2.75, 3.05) is 0 Å². The first-order valence-electron chi connectivity index (χ1n) is 5.66. The molecule has 0 saturated carbocycles. The fourth-order valence-corrected chi connectivity index (χ4v) is 1.20. The molecule has 0 aliphatic heterocycles. The highest BCUT2D eigenvalue weighted by Crippen LogP contribution is 2.25. The third kappa shape index (κ3) is 3.17. The van der Waals surface area contributed by atoms with Crippen molar-refractivity contribution in [3.8, 4) is 0 Å². The summed E-state index contributed by atoms with van der Waals surface area (Å²) >= 11 is 0. The van der Waals surface area contributed by atoms with E-state index in [2.05, 4.69) is 0 Å². The highest BCUT2D eigenvalue weighted by molar-refractivity contribution is 5.09. The summed E-state index contributed by atoms with van der Waals surface area (Å²) < 4.78 is 7.16. The minimum Gasteiger partial charge on any atom is -0.387 e. The zero-order chi connectivity index (χ0) is 13.3. The van der Waals surface area contributed by atoms with Crippen LogP contribution in [0.4, 0.5) is 0 Å². The van der Waals surface area contributed by atoms with Gasteiger partial charge in [0.15, 0.2) is 0 Å². The maximum absolute atomic E-state index is 11.8. The summed E-state index contributed by atoms with van der Waals surface area (Å²) in [6.45, 7) is 7.19. The summed E-state index contributed by atoms with van der Waals surface area (Å²) in [7, 11) is 1.70. The summed E-state index contributed by atoms with van der Waals surface area (Å²) in [6.07, 6.45) is 1.70. The van der Waals surface area contributed by atoms with Gasteiger partial charge in [0.05, 0.1) is 17.8 Å². The van der Waals surface area contributed by atoms with E-state index in [-0.39, 0.29) is 12.2 Å². The molecule has 1 aromatic rings. The van der Waals surface area contributed by atoms with E-state index in [1.807, 2.05) is 0 Å². The Balaban J connectivity index is 2.82. The van der Waals surface area contributed by atoms with Gasteiger partial charge in [-0.3, -0.25) is 4.79 Å². The fourth-order valence-electron chi connectivity index (χ4n) is 1.20. The third-order valence-electron chi connectivity index (χ3n) is 3.26. The van der Waals surface area contributed by atoms with Gasteiger partial charge in [0.2, 0.25) is 0 Å². The first-order chi connectivity index (χ1) is 7.65. The lowest BCUT2D eigenvalue weighted by Gasteiger charge is -2.37. The largest absolute Gasteiger partial charge is 0.387 e. The van der Waals surface area contributed by atoms with Crippen LogP contribution in [0.5, 0.6) is 0 Å². The van der Waals surface area contributed by atoms with Gasteiger partial charge >= 0.3 is 0 Å². The number of nitrogens with zero attached hydrogens (tertiary/aromatic N) is 1. The average Bonchev–Trinajstić information content (AvgIpc) is 2.18. The van der Waals surface area contributed by atoms with Crippen LogP contribution in [0.25, 0.3) is 0 Å². The SMILES string of the molecule is Cn1cccc(COC(C)(C)C(C)(C)O)c1=O. The highest BCUT2D eigenvalue weighted by atomic mass is 16.5. The summed E-state index contributed by atoms with van der Waals surface area (Å²) in [4.78, 5) is 11.8. The molecule has 96 valence electrons. The Hall–Kier alpha value is -1.13. The van der Waals surface area contributed by atoms with E-state index in [4.69, 9.17) is 4.74 Å². The number of rotatable bonds is 4. The molecule has 0 amide bonds. The lowest BCUT2D eigenvalue weighted by atomic mass is 9.89. The van der Waals surface area contributed by atoms with Gasteiger partial charge in [0.1, 0.15) is 0 Å². The van der Waals surface area contributed by atoms with E-state index < -0.39 is 11.2 Å². The Morgan fingerprint density at radius 1 is 1.35 bits per heavy atom. The lowest BCUT2D eigenvalue weighted by Crippen LogP contribution is -2.47. The minimum absolute atomic E-state index is 0.0703. The van der Waals surface area contributed by atoms with Crippen LogP contribution in [0, 0.1) is 0 Å². The fraction of sp³-hybridized carbons (Fsp3) is 0.615. The van der Waals surface area contributed by atoms with Crippen molar-refractivity contribution in [3.63, 3.8) is 0 Å². The first kappa shape index (κ1) is 13.9. The standard InChI is InChI=1S/C13H21NO3/c1-12(2,16)13(3,4)17-9-10-7-6-8-14(5)11(10)15/h6-8,16H,9H2,1-5H3. The number of hydrogen-bond acceptors (Lipinski definition) is 3. The third-order valence-corrected chi connectivity index (χ3v) is 3.26. The molecule has 0 aromatic carbocycles. The van der Waals surface area contributed by atoms with Crippen LogP contribution < -0.4 is 5.56 Å². The van der Waals surface area contributed by atoms with Gasteiger partial charge in [-0.2, -0.15) is 0 Å². The van der Waals surface area contributed by atoms with Gasteiger partial charge in [-0.15, -0.1) is 0 Å². The van der Waals surface area contributed by atoms with E-state index in [9.17, 15) is 9.90 Å². The number of aromatic nitrogens is 1. The van der Waals surface area contributed by atoms with Crippen LogP contribution in [0.3, 0.4) is 0 Å². The van der Waals surface area contributed by atoms with E-state index in [0.29, 0.717) is 5.56 Å². The molecule has 0 fully saturated rings. The van der Waals surface area contributed by atoms with E-state index in [0.717, 1.165) is 0 Å². The van der Waals surface area contributed by atoms with E-state index in [1.165, 1.54) is 4.57 Å². The molecule has 0 radical (unpaired) electrons. The molecule has 0 aliphatic carbocycles. The van der Waals surface area contributed by atoms with Gasteiger partial charge in [-0.05, 0) is 39.8 Å². The molecule has 1 heterocycles. The quantitative estimate of drug-likeness (QED) is 0.865. The summed E-state index contributed by atoms with van der Waals surface area (Å²) in [5.41, 5.74) is -1.16. The predicted octanol–water partition coefficient (Wildman–Crippen LogP) is 1.45. The topological polar surface area (TPSA) is 51.5 Å². The lowest BCUT2D eigenvalue weighted by molar-refractivity contribution is -0.154. The summed E-state index contributed by atoms with van der Waals surface area (Å²) in [6, 6.07) is 3.54. The van der Waals surface area contributed by atoms with Gasteiger partial charge in [-0.25, -0.2) is 0 Å². The zero-order valence-electron chi connectivity index (χ0n) is 11.2. The molecule has 0 saturated heterocycles. The van der Waals surface area contributed by atoms with Crippen molar-refractivity contribution >= 4 is 0 Å².